The highest BCUT2D eigenvalue weighted by Gasteiger charge is 2.45. The minimum absolute atomic E-state index is 0.122. The molecule has 0 heterocycles. The molecule has 7 heteroatoms. The molecule has 0 aliphatic rings. The molecule has 0 aliphatic heterocycles. The van der Waals surface area contributed by atoms with Crippen molar-refractivity contribution in [3.63, 3.8) is 0 Å². The fraction of sp³-hybridized carbons (Fsp3) is 0.444. The van der Waals surface area contributed by atoms with Crippen LogP contribution in [0.25, 0.3) is 0 Å². The molecule has 0 aromatic heterocycles. The van der Waals surface area contributed by atoms with Gasteiger partial charge in [-0.25, -0.2) is 4.79 Å². The summed E-state index contributed by atoms with van der Waals surface area (Å²) in [4.78, 5) is 34.8. The smallest absolute Gasteiger partial charge is 0.338 e. The van der Waals surface area contributed by atoms with Gasteiger partial charge in [-0.1, -0.05) is 19.9 Å². The van der Waals surface area contributed by atoms with Gasteiger partial charge in [0.1, 0.15) is 11.5 Å². The Labute approximate surface area is 146 Å². The van der Waals surface area contributed by atoms with Gasteiger partial charge < -0.3 is 9.47 Å². The van der Waals surface area contributed by atoms with Gasteiger partial charge in [0.15, 0.2) is 0 Å². The number of allylic oxidation sites excluding steroid dienone is 1. The van der Waals surface area contributed by atoms with Crippen molar-refractivity contribution in [2.75, 3.05) is 7.11 Å². The third-order valence-corrected chi connectivity index (χ3v) is 4.00. The number of benzene rings is 1. The number of nitrogens with zero attached hydrogens (tertiary/aromatic N) is 1. The molecule has 0 saturated carbocycles. The van der Waals surface area contributed by atoms with E-state index in [1.54, 1.807) is 13.0 Å². The van der Waals surface area contributed by atoms with Crippen LogP contribution in [0.15, 0.2) is 36.9 Å². The number of rotatable bonds is 8. The van der Waals surface area contributed by atoms with Crippen LogP contribution in [0.4, 0.5) is 5.69 Å². The summed E-state index contributed by atoms with van der Waals surface area (Å²) >= 11 is 0. The Morgan fingerprint density at radius 2 is 1.88 bits per heavy atom. The Bertz CT molecular complexity index is 652. The second kappa shape index (κ2) is 8.41. The van der Waals surface area contributed by atoms with Crippen LogP contribution >= 0.6 is 0 Å². The summed E-state index contributed by atoms with van der Waals surface area (Å²) in [5.74, 6) is -1.32. The third kappa shape index (κ3) is 4.65. The van der Waals surface area contributed by atoms with Crippen molar-refractivity contribution in [3.05, 3.63) is 52.6 Å². The molecule has 0 radical (unpaired) electrons. The number of non-ortho nitro benzene ring substituents is 1. The fourth-order valence-electron chi connectivity index (χ4n) is 2.75. The van der Waals surface area contributed by atoms with Gasteiger partial charge in [0.25, 0.3) is 5.69 Å². The van der Waals surface area contributed by atoms with Crippen molar-refractivity contribution in [1.82, 2.24) is 0 Å². The van der Waals surface area contributed by atoms with Gasteiger partial charge in [0.2, 0.25) is 0 Å². The molecule has 0 bridgehead atoms. The molecule has 2 atom stereocenters. The average molecular weight is 349 g/mol. The Balaban J connectivity index is 3.10. The number of hydrogen-bond acceptors (Lipinski definition) is 6. The number of carbonyl (C=O) groups excluding carboxylic acids is 2. The predicted molar refractivity (Wildman–Crippen MR) is 92.1 cm³/mol. The molecule has 0 unspecified atom stereocenters. The number of ether oxygens (including phenoxy) is 2. The van der Waals surface area contributed by atoms with E-state index in [0.717, 1.165) is 0 Å². The van der Waals surface area contributed by atoms with E-state index in [4.69, 9.17) is 9.47 Å². The van der Waals surface area contributed by atoms with E-state index in [-0.39, 0.29) is 23.6 Å². The minimum atomic E-state index is -1.08. The van der Waals surface area contributed by atoms with Crippen LogP contribution in [0, 0.1) is 21.4 Å². The van der Waals surface area contributed by atoms with Crippen molar-refractivity contribution in [1.29, 1.82) is 0 Å². The summed E-state index contributed by atoms with van der Waals surface area (Å²) in [7, 11) is 1.28. The minimum Gasteiger partial charge on any atom is -0.468 e. The van der Waals surface area contributed by atoms with Gasteiger partial charge in [0, 0.05) is 12.1 Å². The number of hydrogen-bond donors (Lipinski definition) is 0. The van der Waals surface area contributed by atoms with E-state index >= 15 is 0 Å². The van der Waals surface area contributed by atoms with Crippen LogP contribution in [0.5, 0.6) is 0 Å². The SMILES string of the molecule is C=CC[C@@](C)(C(=O)OC)[C@@H](OC(=O)c1ccc([N+](=O)[O-])cc1)C(C)C. The van der Waals surface area contributed by atoms with Crippen LogP contribution in [-0.2, 0) is 14.3 Å². The number of esters is 2. The summed E-state index contributed by atoms with van der Waals surface area (Å²) < 4.78 is 10.5. The van der Waals surface area contributed by atoms with Crippen molar-refractivity contribution in [2.24, 2.45) is 11.3 Å². The molecule has 0 amide bonds. The zero-order valence-corrected chi connectivity index (χ0v) is 14.9. The van der Waals surface area contributed by atoms with E-state index in [0.29, 0.717) is 0 Å². The first kappa shape index (κ1) is 20.3. The first-order valence-electron chi connectivity index (χ1n) is 7.82. The molecule has 0 N–H and O–H groups in total. The van der Waals surface area contributed by atoms with Crippen LogP contribution in [-0.4, -0.2) is 30.1 Å². The Hall–Kier alpha value is -2.70. The molecule has 1 aromatic carbocycles. The number of methoxy groups -OCH3 is 1. The van der Waals surface area contributed by atoms with E-state index in [9.17, 15) is 19.7 Å². The van der Waals surface area contributed by atoms with E-state index in [2.05, 4.69) is 6.58 Å². The molecule has 0 aliphatic carbocycles. The first-order valence-corrected chi connectivity index (χ1v) is 7.82. The molecule has 0 spiro atoms. The maximum Gasteiger partial charge on any atom is 0.338 e. The molecule has 1 rings (SSSR count). The molecule has 136 valence electrons. The molecular weight excluding hydrogens is 326 g/mol. The molecule has 0 fully saturated rings. The van der Waals surface area contributed by atoms with Crippen molar-refractivity contribution in [3.8, 4) is 0 Å². The van der Waals surface area contributed by atoms with Crippen molar-refractivity contribution >= 4 is 17.6 Å². The largest absolute Gasteiger partial charge is 0.468 e. The molecule has 0 saturated heterocycles. The second-order valence-electron chi connectivity index (χ2n) is 6.28. The summed E-state index contributed by atoms with van der Waals surface area (Å²) in [5.41, 5.74) is -1.04. The number of nitro benzene ring substituents is 1. The Morgan fingerprint density at radius 3 is 2.28 bits per heavy atom. The second-order valence-corrected chi connectivity index (χ2v) is 6.28. The van der Waals surface area contributed by atoms with Crippen molar-refractivity contribution in [2.45, 2.75) is 33.3 Å². The number of nitro groups is 1. The Kier molecular flexibility index (Phi) is 6.85. The highest BCUT2D eigenvalue weighted by atomic mass is 16.6. The third-order valence-electron chi connectivity index (χ3n) is 4.00. The molecule has 1 aromatic rings. The Morgan fingerprint density at radius 1 is 1.32 bits per heavy atom. The monoisotopic (exact) mass is 349 g/mol. The highest BCUT2D eigenvalue weighted by Crippen LogP contribution is 2.35. The maximum atomic E-state index is 12.4. The van der Waals surface area contributed by atoms with Crippen molar-refractivity contribution < 1.29 is 24.0 Å². The maximum absolute atomic E-state index is 12.4. The summed E-state index contributed by atoms with van der Waals surface area (Å²) in [6.45, 7) is 8.98. The quantitative estimate of drug-likeness (QED) is 0.308. The van der Waals surface area contributed by atoms with E-state index < -0.39 is 28.4 Å². The summed E-state index contributed by atoms with van der Waals surface area (Å²) in [6, 6.07) is 5.09. The predicted octanol–water partition coefficient (Wildman–Crippen LogP) is 3.53. The van der Waals surface area contributed by atoms with E-state index in [1.165, 1.54) is 31.4 Å². The van der Waals surface area contributed by atoms with Gasteiger partial charge >= 0.3 is 11.9 Å². The van der Waals surface area contributed by atoms with E-state index in [1.807, 2.05) is 13.8 Å². The lowest BCUT2D eigenvalue weighted by atomic mass is 9.76. The lowest BCUT2D eigenvalue weighted by molar-refractivity contribution is -0.384. The molecule has 25 heavy (non-hydrogen) atoms. The summed E-state index contributed by atoms with van der Waals surface area (Å²) in [5, 5.41) is 10.7. The molecular formula is C18H23NO6. The van der Waals surface area contributed by atoms with Crippen LogP contribution < -0.4 is 0 Å². The first-order chi connectivity index (χ1) is 11.7. The highest BCUT2D eigenvalue weighted by molar-refractivity contribution is 5.90. The number of carbonyl (C=O) groups is 2. The van der Waals surface area contributed by atoms with Gasteiger partial charge in [-0.2, -0.15) is 0 Å². The standard InChI is InChI=1S/C18H23NO6/c1-6-11-18(4,17(21)24-5)15(12(2)3)25-16(20)13-7-9-14(10-8-13)19(22)23/h6-10,12,15H,1,11H2,2-5H3/t15-,18+/m0/s1. The van der Waals surface area contributed by atoms with Gasteiger partial charge in [-0.3, -0.25) is 14.9 Å². The normalized spacial score (nSPS) is 14.3. The lowest BCUT2D eigenvalue weighted by Crippen LogP contribution is -2.46. The molecule has 7 nitrogen and oxygen atoms in total. The zero-order chi connectivity index (χ0) is 19.2. The van der Waals surface area contributed by atoms with Crippen LogP contribution in [0.1, 0.15) is 37.6 Å². The van der Waals surface area contributed by atoms with Crippen LogP contribution in [0.3, 0.4) is 0 Å². The van der Waals surface area contributed by atoms with Gasteiger partial charge in [-0.05, 0) is 31.4 Å². The van der Waals surface area contributed by atoms with Crippen LogP contribution in [0.2, 0.25) is 0 Å². The van der Waals surface area contributed by atoms with Gasteiger partial charge in [0.05, 0.1) is 17.6 Å². The average Bonchev–Trinajstić information content (AvgIpc) is 2.58. The van der Waals surface area contributed by atoms with Gasteiger partial charge in [-0.15, -0.1) is 6.58 Å². The topological polar surface area (TPSA) is 95.7 Å². The summed E-state index contributed by atoms with van der Waals surface area (Å²) in [6.07, 6.45) is 1.10. The lowest BCUT2D eigenvalue weighted by Gasteiger charge is -2.36. The zero-order valence-electron chi connectivity index (χ0n) is 14.9. The fourth-order valence-corrected chi connectivity index (χ4v) is 2.75.